The van der Waals surface area contributed by atoms with E-state index in [9.17, 15) is 14.4 Å². The first kappa shape index (κ1) is 13.0. The minimum Gasteiger partial charge on any atom is -0.344 e. The average molecular weight is 253 g/mol. The molecule has 0 radical (unpaired) electrons. The molecule has 2 fully saturated rings. The van der Waals surface area contributed by atoms with Crippen LogP contribution < -0.4 is 5.32 Å². The third kappa shape index (κ3) is 2.12. The van der Waals surface area contributed by atoms with Gasteiger partial charge in [0.1, 0.15) is 0 Å². The molecule has 0 saturated carbocycles. The van der Waals surface area contributed by atoms with E-state index >= 15 is 0 Å². The molecule has 2 unspecified atom stereocenters. The molecule has 6 nitrogen and oxygen atoms in total. The third-order valence-electron chi connectivity index (χ3n) is 3.53. The Morgan fingerprint density at radius 2 is 1.83 bits per heavy atom. The molecule has 2 aliphatic rings. The number of carbonyl (C=O) groups excluding carboxylic acids is 3. The van der Waals surface area contributed by atoms with Crippen LogP contribution in [0.25, 0.3) is 0 Å². The minimum atomic E-state index is -0.541. The lowest BCUT2D eigenvalue weighted by Crippen LogP contribution is -2.47. The second kappa shape index (κ2) is 4.68. The van der Waals surface area contributed by atoms with Crippen molar-refractivity contribution < 1.29 is 14.4 Å². The molecule has 0 aromatic carbocycles. The second-order valence-electron chi connectivity index (χ2n) is 5.22. The van der Waals surface area contributed by atoms with E-state index in [4.69, 9.17) is 0 Å². The number of carbonyl (C=O) groups is 3. The number of hydrogen-bond donors (Lipinski definition) is 1. The standard InChI is InChI=1S/C12H19N3O3/c1-7(2)15-10(16)6-9(12(15)18)13-8-4-5-14(3)11(8)17/h7-9,13H,4-6H2,1-3H3. The van der Waals surface area contributed by atoms with Crippen LogP contribution >= 0.6 is 0 Å². The van der Waals surface area contributed by atoms with Crippen molar-refractivity contribution in [2.75, 3.05) is 13.6 Å². The summed E-state index contributed by atoms with van der Waals surface area (Å²) in [5.41, 5.74) is 0. The summed E-state index contributed by atoms with van der Waals surface area (Å²) in [4.78, 5) is 38.4. The summed E-state index contributed by atoms with van der Waals surface area (Å²) < 4.78 is 0. The Morgan fingerprint density at radius 3 is 2.28 bits per heavy atom. The quantitative estimate of drug-likeness (QED) is 0.678. The lowest BCUT2D eigenvalue weighted by molar-refractivity contribution is -0.140. The number of likely N-dealkylation sites (tertiary alicyclic amines) is 2. The number of likely N-dealkylation sites (N-methyl/N-ethyl adjacent to an activating group) is 1. The Morgan fingerprint density at radius 1 is 1.17 bits per heavy atom. The third-order valence-corrected chi connectivity index (χ3v) is 3.53. The monoisotopic (exact) mass is 253 g/mol. The first-order valence-corrected chi connectivity index (χ1v) is 6.28. The Kier molecular flexibility index (Phi) is 3.38. The van der Waals surface area contributed by atoms with E-state index in [0.29, 0.717) is 13.0 Å². The van der Waals surface area contributed by atoms with Crippen molar-refractivity contribution >= 4 is 17.7 Å². The highest BCUT2D eigenvalue weighted by Gasteiger charge is 2.42. The maximum absolute atomic E-state index is 12.1. The maximum atomic E-state index is 12.1. The minimum absolute atomic E-state index is 0.00162. The SMILES string of the molecule is CC(C)N1C(=O)CC(NC2CCN(C)C2=O)C1=O. The number of rotatable bonds is 3. The molecule has 0 aromatic rings. The van der Waals surface area contributed by atoms with Crippen molar-refractivity contribution in [1.29, 1.82) is 0 Å². The molecule has 1 N–H and O–H groups in total. The number of nitrogens with zero attached hydrogens (tertiary/aromatic N) is 2. The molecule has 2 aliphatic heterocycles. The summed E-state index contributed by atoms with van der Waals surface area (Å²) in [5, 5.41) is 3.02. The van der Waals surface area contributed by atoms with Gasteiger partial charge in [0.2, 0.25) is 17.7 Å². The van der Waals surface area contributed by atoms with Crippen LogP contribution in [0.15, 0.2) is 0 Å². The van der Waals surface area contributed by atoms with Gasteiger partial charge in [0.05, 0.1) is 18.5 Å². The molecule has 3 amide bonds. The van der Waals surface area contributed by atoms with Gasteiger partial charge in [-0.25, -0.2) is 0 Å². The maximum Gasteiger partial charge on any atom is 0.247 e. The van der Waals surface area contributed by atoms with E-state index in [1.54, 1.807) is 11.9 Å². The Balaban J connectivity index is 2.02. The molecule has 2 atom stereocenters. The van der Waals surface area contributed by atoms with Gasteiger partial charge >= 0.3 is 0 Å². The Hall–Kier alpha value is -1.43. The zero-order valence-electron chi connectivity index (χ0n) is 11.0. The molecule has 18 heavy (non-hydrogen) atoms. The van der Waals surface area contributed by atoms with Crippen molar-refractivity contribution in [1.82, 2.24) is 15.1 Å². The van der Waals surface area contributed by atoms with Gasteiger partial charge in [-0.3, -0.25) is 24.6 Å². The highest BCUT2D eigenvalue weighted by Crippen LogP contribution is 2.18. The Labute approximate surface area is 106 Å². The molecule has 2 heterocycles. The molecule has 0 aliphatic carbocycles. The normalized spacial score (nSPS) is 29.0. The summed E-state index contributed by atoms with van der Waals surface area (Å²) in [7, 11) is 1.74. The first-order chi connectivity index (χ1) is 8.41. The van der Waals surface area contributed by atoms with Gasteiger partial charge in [-0.15, -0.1) is 0 Å². The summed E-state index contributed by atoms with van der Waals surface area (Å²) in [6.07, 6.45) is 0.847. The summed E-state index contributed by atoms with van der Waals surface area (Å²) in [5.74, 6) is -0.373. The zero-order valence-corrected chi connectivity index (χ0v) is 11.0. The molecular formula is C12H19N3O3. The van der Waals surface area contributed by atoms with Gasteiger partial charge in [0.25, 0.3) is 0 Å². The van der Waals surface area contributed by atoms with Crippen molar-refractivity contribution in [2.45, 2.75) is 44.8 Å². The van der Waals surface area contributed by atoms with Crippen LogP contribution in [0.2, 0.25) is 0 Å². The van der Waals surface area contributed by atoms with Crippen LogP contribution in [-0.2, 0) is 14.4 Å². The molecule has 6 heteroatoms. The highest BCUT2D eigenvalue weighted by atomic mass is 16.2. The van der Waals surface area contributed by atoms with Crippen LogP contribution in [-0.4, -0.2) is 59.2 Å². The molecule has 0 spiro atoms. The van der Waals surface area contributed by atoms with E-state index in [2.05, 4.69) is 5.32 Å². The van der Waals surface area contributed by atoms with Crippen LogP contribution in [0.4, 0.5) is 0 Å². The summed E-state index contributed by atoms with van der Waals surface area (Å²) in [6, 6.07) is -0.997. The average Bonchev–Trinajstić information content (AvgIpc) is 2.73. The summed E-state index contributed by atoms with van der Waals surface area (Å²) >= 11 is 0. The smallest absolute Gasteiger partial charge is 0.247 e. The van der Waals surface area contributed by atoms with Crippen LogP contribution in [0, 0.1) is 0 Å². The number of hydrogen-bond acceptors (Lipinski definition) is 4. The van der Waals surface area contributed by atoms with Gasteiger partial charge in [-0.2, -0.15) is 0 Å². The molecular weight excluding hydrogens is 234 g/mol. The van der Waals surface area contributed by atoms with Gasteiger partial charge < -0.3 is 4.90 Å². The fraction of sp³-hybridized carbons (Fsp3) is 0.750. The fourth-order valence-corrected chi connectivity index (χ4v) is 2.54. The van der Waals surface area contributed by atoms with E-state index in [1.165, 1.54) is 4.90 Å². The van der Waals surface area contributed by atoms with Crippen molar-refractivity contribution in [3.63, 3.8) is 0 Å². The number of amides is 3. The fourth-order valence-electron chi connectivity index (χ4n) is 2.54. The summed E-state index contributed by atoms with van der Waals surface area (Å²) in [6.45, 7) is 4.32. The van der Waals surface area contributed by atoms with Crippen molar-refractivity contribution in [3.05, 3.63) is 0 Å². The highest BCUT2D eigenvalue weighted by molar-refractivity contribution is 6.06. The largest absolute Gasteiger partial charge is 0.344 e. The molecule has 100 valence electrons. The lowest BCUT2D eigenvalue weighted by atomic mass is 10.2. The predicted molar refractivity (Wildman–Crippen MR) is 64.6 cm³/mol. The topological polar surface area (TPSA) is 69.7 Å². The number of nitrogens with one attached hydrogen (secondary N) is 1. The van der Waals surface area contributed by atoms with Gasteiger partial charge in [-0.1, -0.05) is 0 Å². The zero-order chi connectivity index (χ0) is 13.4. The molecule has 0 bridgehead atoms. The Bertz CT molecular complexity index is 394. The molecule has 2 saturated heterocycles. The van der Waals surface area contributed by atoms with Gasteiger partial charge in [-0.05, 0) is 20.3 Å². The lowest BCUT2D eigenvalue weighted by Gasteiger charge is -2.20. The van der Waals surface area contributed by atoms with Crippen LogP contribution in [0.5, 0.6) is 0 Å². The van der Waals surface area contributed by atoms with E-state index in [1.807, 2.05) is 13.8 Å². The van der Waals surface area contributed by atoms with Gasteiger partial charge in [0.15, 0.2) is 0 Å². The van der Waals surface area contributed by atoms with Gasteiger partial charge in [0, 0.05) is 19.6 Å². The number of imide groups is 1. The van der Waals surface area contributed by atoms with E-state index < -0.39 is 6.04 Å². The predicted octanol–water partition coefficient (Wildman–Crippen LogP) is -0.657. The van der Waals surface area contributed by atoms with Crippen LogP contribution in [0.1, 0.15) is 26.7 Å². The van der Waals surface area contributed by atoms with Crippen molar-refractivity contribution in [3.8, 4) is 0 Å². The van der Waals surface area contributed by atoms with Crippen LogP contribution in [0.3, 0.4) is 0 Å². The first-order valence-electron chi connectivity index (χ1n) is 6.28. The van der Waals surface area contributed by atoms with Crippen molar-refractivity contribution in [2.24, 2.45) is 0 Å². The second-order valence-corrected chi connectivity index (χ2v) is 5.22. The van der Waals surface area contributed by atoms with E-state index in [0.717, 1.165) is 0 Å². The molecule has 0 aromatic heterocycles. The van der Waals surface area contributed by atoms with E-state index in [-0.39, 0.29) is 36.2 Å². The molecule has 2 rings (SSSR count).